The SMILES string of the molecule is C=CCS(=O)(=O)C(C)C(=O)Nc1ccccc1C(=O)OC. The van der Waals surface area contributed by atoms with Gasteiger partial charge in [-0.05, 0) is 19.1 Å². The molecule has 0 aromatic heterocycles. The number of amides is 1. The zero-order valence-corrected chi connectivity index (χ0v) is 12.6. The summed E-state index contributed by atoms with van der Waals surface area (Å²) in [6.45, 7) is 4.63. The fraction of sp³-hybridized carbons (Fsp3) is 0.286. The van der Waals surface area contributed by atoms with E-state index in [1.165, 1.54) is 32.2 Å². The molecule has 1 aromatic carbocycles. The van der Waals surface area contributed by atoms with E-state index in [9.17, 15) is 18.0 Å². The second-order valence-electron chi connectivity index (χ2n) is 4.29. The van der Waals surface area contributed by atoms with E-state index in [4.69, 9.17) is 0 Å². The molecule has 0 radical (unpaired) electrons. The Morgan fingerprint density at radius 3 is 2.57 bits per heavy atom. The minimum absolute atomic E-state index is 0.154. The molecule has 1 amide bonds. The number of nitrogens with one attached hydrogen (secondary N) is 1. The molecule has 114 valence electrons. The van der Waals surface area contributed by atoms with E-state index in [0.29, 0.717) is 0 Å². The number of hydrogen-bond acceptors (Lipinski definition) is 5. The molecular weight excluding hydrogens is 294 g/mol. The van der Waals surface area contributed by atoms with Crippen molar-refractivity contribution >= 4 is 27.4 Å². The van der Waals surface area contributed by atoms with Crippen molar-refractivity contribution in [2.45, 2.75) is 12.2 Å². The average molecular weight is 311 g/mol. The molecule has 6 nitrogen and oxygen atoms in total. The second kappa shape index (κ2) is 7.03. The van der Waals surface area contributed by atoms with Gasteiger partial charge in [-0.15, -0.1) is 6.58 Å². The lowest BCUT2D eigenvalue weighted by Gasteiger charge is -2.14. The summed E-state index contributed by atoms with van der Waals surface area (Å²) in [5.41, 5.74) is 0.358. The van der Waals surface area contributed by atoms with Gasteiger partial charge in [-0.2, -0.15) is 0 Å². The van der Waals surface area contributed by atoms with Crippen LogP contribution in [0.1, 0.15) is 17.3 Å². The van der Waals surface area contributed by atoms with E-state index < -0.39 is 27.0 Å². The van der Waals surface area contributed by atoms with E-state index in [1.807, 2.05) is 0 Å². The van der Waals surface area contributed by atoms with E-state index >= 15 is 0 Å². The van der Waals surface area contributed by atoms with Crippen molar-refractivity contribution in [3.05, 3.63) is 42.5 Å². The number of carbonyl (C=O) groups excluding carboxylic acids is 2. The van der Waals surface area contributed by atoms with Crippen molar-refractivity contribution in [3.63, 3.8) is 0 Å². The number of benzene rings is 1. The van der Waals surface area contributed by atoms with Gasteiger partial charge in [0.1, 0.15) is 5.25 Å². The first kappa shape index (κ1) is 16.9. The Bertz CT molecular complexity index is 651. The van der Waals surface area contributed by atoms with Gasteiger partial charge in [-0.1, -0.05) is 18.2 Å². The molecule has 1 N–H and O–H groups in total. The van der Waals surface area contributed by atoms with Crippen molar-refractivity contribution in [1.82, 2.24) is 0 Å². The number of ether oxygens (including phenoxy) is 1. The highest BCUT2D eigenvalue weighted by Crippen LogP contribution is 2.17. The third-order valence-electron chi connectivity index (χ3n) is 2.85. The lowest BCUT2D eigenvalue weighted by atomic mass is 10.2. The van der Waals surface area contributed by atoms with Gasteiger partial charge in [0.05, 0.1) is 24.1 Å². The number of para-hydroxylation sites is 1. The molecule has 7 heteroatoms. The number of carbonyl (C=O) groups is 2. The zero-order valence-electron chi connectivity index (χ0n) is 11.8. The van der Waals surface area contributed by atoms with Crippen molar-refractivity contribution < 1.29 is 22.7 Å². The van der Waals surface area contributed by atoms with E-state index in [1.54, 1.807) is 12.1 Å². The van der Waals surface area contributed by atoms with Crippen LogP contribution in [0.5, 0.6) is 0 Å². The summed E-state index contributed by atoms with van der Waals surface area (Å²) >= 11 is 0. The van der Waals surface area contributed by atoms with Crippen molar-refractivity contribution in [2.75, 3.05) is 18.2 Å². The molecule has 1 atom stereocenters. The maximum absolute atomic E-state index is 12.0. The minimum Gasteiger partial charge on any atom is -0.465 e. The summed E-state index contributed by atoms with van der Waals surface area (Å²) in [6, 6.07) is 6.20. The standard InChI is InChI=1S/C14H17NO5S/c1-4-9-21(18,19)10(2)13(16)15-12-8-6-5-7-11(12)14(17)20-3/h4-8,10H,1,9H2,2-3H3,(H,15,16). The van der Waals surface area contributed by atoms with Crippen LogP contribution in [-0.4, -0.2) is 38.4 Å². The maximum atomic E-state index is 12.0. The second-order valence-corrected chi connectivity index (χ2v) is 6.65. The highest BCUT2D eigenvalue weighted by Gasteiger charge is 2.27. The van der Waals surface area contributed by atoms with E-state index in [-0.39, 0.29) is 17.0 Å². The summed E-state index contributed by atoms with van der Waals surface area (Å²) in [6.07, 6.45) is 1.22. The molecule has 21 heavy (non-hydrogen) atoms. The first-order valence-corrected chi connectivity index (χ1v) is 7.85. The monoisotopic (exact) mass is 311 g/mol. The Labute approximate surface area is 123 Å². The summed E-state index contributed by atoms with van der Waals surface area (Å²) in [5.74, 6) is -1.62. The molecule has 0 bridgehead atoms. The highest BCUT2D eigenvalue weighted by atomic mass is 32.2. The summed E-state index contributed by atoms with van der Waals surface area (Å²) in [5, 5.41) is 1.19. The smallest absolute Gasteiger partial charge is 0.339 e. The molecule has 0 saturated heterocycles. The van der Waals surface area contributed by atoms with Crippen LogP contribution < -0.4 is 5.32 Å². The molecule has 0 saturated carbocycles. The molecular formula is C14H17NO5S. The zero-order chi connectivity index (χ0) is 16.0. The molecule has 0 fully saturated rings. The van der Waals surface area contributed by atoms with Crippen molar-refractivity contribution in [2.24, 2.45) is 0 Å². The molecule has 0 aliphatic heterocycles. The maximum Gasteiger partial charge on any atom is 0.339 e. The predicted molar refractivity (Wildman–Crippen MR) is 79.9 cm³/mol. The number of esters is 1. The van der Waals surface area contributed by atoms with Crippen LogP contribution in [0.4, 0.5) is 5.69 Å². The minimum atomic E-state index is -3.61. The fourth-order valence-corrected chi connectivity index (χ4v) is 2.59. The first-order chi connectivity index (χ1) is 9.83. The van der Waals surface area contributed by atoms with Gasteiger partial charge in [0.25, 0.3) is 0 Å². The average Bonchev–Trinajstić information content (AvgIpc) is 2.46. The number of sulfone groups is 1. The molecule has 1 aromatic rings. The van der Waals surface area contributed by atoms with Gasteiger partial charge in [0.15, 0.2) is 9.84 Å². The predicted octanol–water partition coefficient (Wildman–Crippen LogP) is 1.40. The number of rotatable bonds is 6. The Hall–Kier alpha value is -2.15. The fourth-order valence-electron chi connectivity index (χ4n) is 1.59. The third-order valence-corrected chi connectivity index (χ3v) is 4.84. The topological polar surface area (TPSA) is 89.5 Å². The van der Waals surface area contributed by atoms with Gasteiger partial charge in [0.2, 0.25) is 5.91 Å². The van der Waals surface area contributed by atoms with Gasteiger partial charge < -0.3 is 10.1 Å². The van der Waals surface area contributed by atoms with Gasteiger partial charge in [0, 0.05) is 0 Å². The van der Waals surface area contributed by atoms with Crippen LogP contribution in [0, 0.1) is 0 Å². The molecule has 0 spiro atoms. The van der Waals surface area contributed by atoms with Gasteiger partial charge in [-0.3, -0.25) is 4.79 Å². The largest absolute Gasteiger partial charge is 0.465 e. The van der Waals surface area contributed by atoms with Crippen LogP contribution in [-0.2, 0) is 19.4 Å². The quantitative estimate of drug-likeness (QED) is 0.633. The van der Waals surface area contributed by atoms with Crippen LogP contribution in [0.15, 0.2) is 36.9 Å². The van der Waals surface area contributed by atoms with Crippen molar-refractivity contribution in [3.8, 4) is 0 Å². The third kappa shape index (κ3) is 4.16. The van der Waals surface area contributed by atoms with Crippen LogP contribution >= 0.6 is 0 Å². The number of hydrogen-bond donors (Lipinski definition) is 1. The van der Waals surface area contributed by atoms with Gasteiger partial charge in [-0.25, -0.2) is 13.2 Å². The van der Waals surface area contributed by atoms with Gasteiger partial charge >= 0.3 is 5.97 Å². The summed E-state index contributed by atoms with van der Waals surface area (Å²) < 4.78 is 28.2. The van der Waals surface area contributed by atoms with Crippen molar-refractivity contribution in [1.29, 1.82) is 0 Å². The molecule has 1 unspecified atom stereocenters. The van der Waals surface area contributed by atoms with Crippen LogP contribution in [0.25, 0.3) is 0 Å². The molecule has 0 aliphatic carbocycles. The Balaban J connectivity index is 2.99. The molecule has 0 aliphatic rings. The highest BCUT2D eigenvalue weighted by molar-refractivity contribution is 7.92. The lowest BCUT2D eigenvalue weighted by Crippen LogP contribution is -2.34. The normalized spacial score (nSPS) is 12.3. The Morgan fingerprint density at radius 1 is 1.38 bits per heavy atom. The molecule has 1 rings (SSSR count). The molecule has 0 heterocycles. The van der Waals surface area contributed by atoms with Crippen LogP contribution in [0.2, 0.25) is 0 Å². The Morgan fingerprint density at radius 2 is 2.00 bits per heavy atom. The summed E-state index contributed by atoms with van der Waals surface area (Å²) in [4.78, 5) is 23.6. The van der Waals surface area contributed by atoms with E-state index in [0.717, 1.165) is 0 Å². The number of anilines is 1. The Kier molecular flexibility index (Phi) is 5.66. The van der Waals surface area contributed by atoms with E-state index in [2.05, 4.69) is 16.6 Å². The number of methoxy groups -OCH3 is 1. The van der Waals surface area contributed by atoms with Crippen LogP contribution in [0.3, 0.4) is 0 Å². The lowest BCUT2D eigenvalue weighted by molar-refractivity contribution is -0.115. The summed E-state index contributed by atoms with van der Waals surface area (Å²) in [7, 11) is -2.39. The first-order valence-electron chi connectivity index (χ1n) is 6.14.